The highest BCUT2D eigenvalue weighted by Crippen LogP contribution is 2.37. The number of nitrogens with one attached hydrogen (secondary N) is 1. The van der Waals surface area contributed by atoms with Gasteiger partial charge in [-0.15, -0.1) is 0 Å². The van der Waals surface area contributed by atoms with Gasteiger partial charge in [0.15, 0.2) is 11.5 Å². The summed E-state index contributed by atoms with van der Waals surface area (Å²) in [6.07, 6.45) is 1.26. The van der Waals surface area contributed by atoms with Crippen molar-refractivity contribution in [1.29, 1.82) is 0 Å². The van der Waals surface area contributed by atoms with Crippen LogP contribution in [0.4, 0.5) is 16.2 Å². The molecule has 160 valence electrons. The maximum absolute atomic E-state index is 12.9. The van der Waals surface area contributed by atoms with Crippen LogP contribution >= 0.6 is 11.6 Å². The van der Waals surface area contributed by atoms with Crippen LogP contribution in [0.5, 0.6) is 11.5 Å². The van der Waals surface area contributed by atoms with E-state index in [-0.39, 0.29) is 22.0 Å². The van der Waals surface area contributed by atoms with Crippen LogP contribution in [0.2, 0.25) is 5.02 Å². The number of benzene rings is 2. The number of amides is 4. The third-order valence-electron chi connectivity index (χ3n) is 4.27. The van der Waals surface area contributed by atoms with Crippen molar-refractivity contribution in [3.63, 3.8) is 0 Å². The van der Waals surface area contributed by atoms with Crippen molar-refractivity contribution >= 4 is 46.9 Å². The highest BCUT2D eigenvalue weighted by Gasteiger charge is 2.37. The van der Waals surface area contributed by atoms with Gasteiger partial charge in [-0.1, -0.05) is 11.6 Å². The summed E-state index contributed by atoms with van der Waals surface area (Å²) >= 11 is 6.21. The number of urea groups is 1. The van der Waals surface area contributed by atoms with Gasteiger partial charge in [-0.05, 0) is 42.8 Å². The van der Waals surface area contributed by atoms with Crippen molar-refractivity contribution in [3.8, 4) is 11.5 Å². The molecule has 1 fully saturated rings. The fourth-order valence-electron chi connectivity index (χ4n) is 2.91. The number of carbonyl (C=O) groups is 3. The molecular formula is C20H16ClN3O7. The number of nitro benzene ring substituents is 1. The fourth-order valence-corrected chi connectivity index (χ4v) is 3.21. The molecular weight excluding hydrogens is 430 g/mol. The minimum Gasteiger partial charge on any atom is -0.491 e. The monoisotopic (exact) mass is 445 g/mol. The minimum atomic E-state index is -0.969. The summed E-state index contributed by atoms with van der Waals surface area (Å²) in [6.45, 7) is 2.10. The first-order valence-corrected chi connectivity index (χ1v) is 9.30. The van der Waals surface area contributed by atoms with Gasteiger partial charge < -0.3 is 9.47 Å². The van der Waals surface area contributed by atoms with Crippen molar-refractivity contribution in [2.75, 3.05) is 18.6 Å². The molecule has 1 saturated heterocycles. The van der Waals surface area contributed by atoms with Crippen LogP contribution in [0.15, 0.2) is 42.0 Å². The second-order valence-electron chi connectivity index (χ2n) is 6.20. The molecule has 31 heavy (non-hydrogen) atoms. The first kappa shape index (κ1) is 21.8. The van der Waals surface area contributed by atoms with Crippen LogP contribution in [0.3, 0.4) is 0 Å². The van der Waals surface area contributed by atoms with Crippen LogP contribution < -0.4 is 19.7 Å². The number of anilines is 1. The number of imide groups is 2. The number of non-ortho nitro benzene ring substituents is 1. The third kappa shape index (κ3) is 4.33. The van der Waals surface area contributed by atoms with Crippen molar-refractivity contribution in [2.45, 2.75) is 6.92 Å². The Morgan fingerprint density at radius 3 is 2.45 bits per heavy atom. The molecule has 11 heteroatoms. The molecule has 0 radical (unpaired) electrons. The van der Waals surface area contributed by atoms with E-state index < -0.39 is 22.8 Å². The SMILES string of the molecule is CCOc1cc(C=C2C(=O)NC(=O)N(c3ccc([N+](=O)[O-])cc3)C2=O)cc(Cl)c1OC. The zero-order valence-corrected chi connectivity index (χ0v) is 17.1. The summed E-state index contributed by atoms with van der Waals surface area (Å²) < 4.78 is 10.7. The summed E-state index contributed by atoms with van der Waals surface area (Å²) in [5.74, 6) is -1.17. The molecule has 4 amide bonds. The van der Waals surface area contributed by atoms with E-state index in [1.807, 2.05) is 0 Å². The van der Waals surface area contributed by atoms with Gasteiger partial charge in [0.1, 0.15) is 5.57 Å². The highest BCUT2D eigenvalue weighted by atomic mass is 35.5. The van der Waals surface area contributed by atoms with E-state index in [1.54, 1.807) is 6.92 Å². The Hall–Kier alpha value is -3.92. The Morgan fingerprint density at radius 1 is 1.19 bits per heavy atom. The standard InChI is InChI=1S/C20H16ClN3O7/c1-3-31-16-10-11(9-15(21)17(16)30-2)8-14-18(25)22-20(27)23(19(14)26)12-4-6-13(7-5-12)24(28)29/h4-10H,3H2,1-2H3,(H,22,25,27). The first-order chi connectivity index (χ1) is 14.8. The molecule has 1 N–H and O–H groups in total. The van der Waals surface area contributed by atoms with Gasteiger partial charge in [-0.2, -0.15) is 0 Å². The van der Waals surface area contributed by atoms with Crippen molar-refractivity contribution in [2.24, 2.45) is 0 Å². The summed E-state index contributed by atoms with van der Waals surface area (Å²) in [6, 6.07) is 6.81. The predicted octanol–water partition coefficient (Wildman–Crippen LogP) is 3.32. The number of ether oxygens (including phenoxy) is 2. The highest BCUT2D eigenvalue weighted by molar-refractivity contribution is 6.39. The van der Waals surface area contributed by atoms with Crippen LogP contribution in [0.25, 0.3) is 6.08 Å². The van der Waals surface area contributed by atoms with E-state index in [0.29, 0.717) is 28.6 Å². The number of barbiturate groups is 1. The van der Waals surface area contributed by atoms with Crippen LogP contribution in [0, 0.1) is 10.1 Å². The maximum atomic E-state index is 12.9. The summed E-state index contributed by atoms with van der Waals surface area (Å²) in [7, 11) is 1.42. The van der Waals surface area contributed by atoms with Crippen molar-refractivity contribution in [3.05, 3.63) is 62.7 Å². The predicted molar refractivity (Wildman–Crippen MR) is 111 cm³/mol. The Labute approximate surface area is 181 Å². The molecule has 0 aliphatic carbocycles. The number of hydrogen-bond donors (Lipinski definition) is 1. The second kappa shape index (κ2) is 8.84. The van der Waals surface area contributed by atoms with Crippen molar-refractivity contribution < 1.29 is 28.8 Å². The maximum Gasteiger partial charge on any atom is 0.335 e. The van der Waals surface area contributed by atoms with Gasteiger partial charge in [0, 0.05) is 12.1 Å². The molecule has 1 aliphatic rings. The van der Waals surface area contributed by atoms with Crippen LogP contribution in [0.1, 0.15) is 12.5 Å². The fraction of sp³-hybridized carbons (Fsp3) is 0.150. The normalized spacial score (nSPS) is 15.1. The lowest BCUT2D eigenvalue weighted by Crippen LogP contribution is -2.54. The average molecular weight is 446 g/mol. The molecule has 0 bridgehead atoms. The molecule has 2 aromatic carbocycles. The molecule has 0 spiro atoms. The first-order valence-electron chi connectivity index (χ1n) is 8.93. The van der Waals surface area contributed by atoms with E-state index in [9.17, 15) is 24.5 Å². The lowest BCUT2D eigenvalue weighted by atomic mass is 10.1. The Morgan fingerprint density at radius 2 is 1.87 bits per heavy atom. The van der Waals surface area contributed by atoms with E-state index >= 15 is 0 Å². The molecule has 10 nitrogen and oxygen atoms in total. The lowest BCUT2D eigenvalue weighted by Gasteiger charge is -2.26. The minimum absolute atomic E-state index is 0.0641. The number of nitro groups is 1. The summed E-state index contributed by atoms with van der Waals surface area (Å²) in [4.78, 5) is 48.5. The molecule has 0 saturated carbocycles. The zero-order valence-electron chi connectivity index (χ0n) is 16.4. The molecule has 2 aromatic rings. The zero-order chi connectivity index (χ0) is 22.7. The third-order valence-corrected chi connectivity index (χ3v) is 4.55. The number of methoxy groups -OCH3 is 1. The van der Waals surface area contributed by atoms with E-state index in [0.717, 1.165) is 12.1 Å². The largest absolute Gasteiger partial charge is 0.491 e. The van der Waals surface area contributed by atoms with Crippen LogP contribution in [-0.4, -0.2) is 36.5 Å². The van der Waals surface area contributed by atoms with Gasteiger partial charge in [0.05, 0.1) is 29.4 Å². The van der Waals surface area contributed by atoms with Crippen LogP contribution in [-0.2, 0) is 9.59 Å². The number of hydrogen-bond acceptors (Lipinski definition) is 7. The second-order valence-corrected chi connectivity index (χ2v) is 6.61. The number of rotatable bonds is 6. The quantitative estimate of drug-likeness (QED) is 0.312. The average Bonchev–Trinajstić information content (AvgIpc) is 2.71. The topological polar surface area (TPSA) is 128 Å². The van der Waals surface area contributed by atoms with Crippen molar-refractivity contribution in [1.82, 2.24) is 5.32 Å². The van der Waals surface area contributed by atoms with Gasteiger partial charge in [0.2, 0.25) is 0 Å². The van der Waals surface area contributed by atoms with Gasteiger partial charge >= 0.3 is 6.03 Å². The molecule has 0 atom stereocenters. The van der Waals surface area contributed by atoms with Gasteiger partial charge in [-0.25, -0.2) is 9.69 Å². The number of nitrogens with zero attached hydrogens (tertiary/aromatic N) is 2. The molecule has 1 aliphatic heterocycles. The Kier molecular flexibility index (Phi) is 6.21. The van der Waals surface area contributed by atoms with E-state index in [1.165, 1.54) is 37.5 Å². The van der Waals surface area contributed by atoms with E-state index in [2.05, 4.69) is 5.32 Å². The summed E-state index contributed by atoms with van der Waals surface area (Å²) in [5, 5.41) is 13.1. The van der Waals surface area contributed by atoms with Gasteiger partial charge in [0.25, 0.3) is 17.5 Å². The molecule has 3 rings (SSSR count). The Balaban J connectivity index is 2.02. The lowest BCUT2D eigenvalue weighted by molar-refractivity contribution is -0.384. The molecule has 0 unspecified atom stereocenters. The smallest absolute Gasteiger partial charge is 0.335 e. The Bertz CT molecular complexity index is 1110. The summed E-state index contributed by atoms with van der Waals surface area (Å²) in [5.41, 5.74) is -0.113. The molecule has 1 heterocycles. The number of halogens is 1. The molecule has 0 aromatic heterocycles. The van der Waals surface area contributed by atoms with Gasteiger partial charge in [-0.3, -0.25) is 25.0 Å². The van der Waals surface area contributed by atoms with E-state index in [4.69, 9.17) is 21.1 Å². The number of carbonyl (C=O) groups excluding carboxylic acids is 3.